The fourth-order valence-corrected chi connectivity index (χ4v) is 2.65. The number of rotatable bonds is 3. The van der Waals surface area contributed by atoms with Gasteiger partial charge in [0, 0.05) is 20.1 Å². The molecule has 0 aliphatic carbocycles. The van der Waals surface area contributed by atoms with Crippen molar-refractivity contribution >= 4 is 17.6 Å². The number of aryl methyl sites for hydroxylation is 2. The third kappa shape index (κ3) is 2.24. The van der Waals surface area contributed by atoms with E-state index in [1.54, 1.807) is 11.6 Å². The fraction of sp³-hybridized carbons (Fsp3) is 0.667. The minimum Gasteiger partial charge on any atom is -0.481 e. The van der Waals surface area contributed by atoms with Crippen LogP contribution < -0.4 is 0 Å². The highest BCUT2D eigenvalue weighted by atomic mass is 35.5. The lowest BCUT2D eigenvalue weighted by Crippen LogP contribution is -2.31. The number of carbonyl (C=O) groups is 1. The number of halogens is 1. The number of carboxylic acid groups (broad SMARTS) is 1. The predicted octanol–water partition coefficient (Wildman–Crippen LogP) is 1.68. The topological polar surface area (TPSA) is 58.4 Å². The van der Waals surface area contributed by atoms with Crippen molar-refractivity contribution < 1.29 is 9.90 Å². The standard InChI is InChI=1S/C12H18ClN3O2/c1-8-10(13)9(15(3)14-8)6-16-5-4-12(2,7-16)11(17)18/h4-7H2,1-3H3,(H,17,18). The van der Waals surface area contributed by atoms with Crippen molar-refractivity contribution in [2.75, 3.05) is 13.1 Å². The molecule has 1 atom stereocenters. The molecule has 1 aliphatic heterocycles. The molecule has 0 amide bonds. The van der Waals surface area contributed by atoms with E-state index in [9.17, 15) is 9.90 Å². The van der Waals surface area contributed by atoms with E-state index < -0.39 is 11.4 Å². The number of carboxylic acids is 1. The van der Waals surface area contributed by atoms with Crippen LogP contribution in [-0.4, -0.2) is 38.8 Å². The largest absolute Gasteiger partial charge is 0.481 e. The first kappa shape index (κ1) is 13.4. The zero-order valence-corrected chi connectivity index (χ0v) is 11.7. The number of hydrogen-bond donors (Lipinski definition) is 1. The number of likely N-dealkylation sites (tertiary alicyclic amines) is 1. The highest BCUT2D eigenvalue weighted by Gasteiger charge is 2.40. The second-order valence-corrected chi connectivity index (χ2v) is 5.67. The van der Waals surface area contributed by atoms with Gasteiger partial charge in [-0.25, -0.2) is 0 Å². The van der Waals surface area contributed by atoms with Gasteiger partial charge in [0.25, 0.3) is 0 Å². The van der Waals surface area contributed by atoms with Crippen LogP contribution in [0.3, 0.4) is 0 Å². The maximum atomic E-state index is 11.2. The summed E-state index contributed by atoms with van der Waals surface area (Å²) in [6.07, 6.45) is 0.677. The van der Waals surface area contributed by atoms with Gasteiger partial charge in [-0.05, 0) is 26.8 Å². The maximum Gasteiger partial charge on any atom is 0.310 e. The first-order valence-corrected chi connectivity index (χ1v) is 6.35. The first-order chi connectivity index (χ1) is 8.33. The summed E-state index contributed by atoms with van der Waals surface area (Å²) in [5.41, 5.74) is 1.12. The number of hydrogen-bond acceptors (Lipinski definition) is 3. The zero-order valence-electron chi connectivity index (χ0n) is 10.9. The van der Waals surface area contributed by atoms with Gasteiger partial charge in [-0.1, -0.05) is 11.6 Å². The van der Waals surface area contributed by atoms with Crippen LogP contribution in [0.5, 0.6) is 0 Å². The molecular weight excluding hydrogens is 254 g/mol. The molecule has 2 heterocycles. The molecule has 1 aromatic rings. The van der Waals surface area contributed by atoms with Crippen LogP contribution in [-0.2, 0) is 18.4 Å². The van der Waals surface area contributed by atoms with E-state index in [0.717, 1.165) is 17.9 Å². The van der Waals surface area contributed by atoms with Gasteiger partial charge < -0.3 is 5.11 Å². The second-order valence-electron chi connectivity index (χ2n) is 5.30. The quantitative estimate of drug-likeness (QED) is 0.909. The molecule has 1 aliphatic rings. The Labute approximate surface area is 111 Å². The Kier molecular flexibility index (Phi) is 3.38. The third-order valence-corrected chi connectivity index (χ3v) is 4.20. The monoisotopic (exact) mass is 271 g/mol. The van der Waals surface area contributed by atoms with E-state index in [0.29, 0.717) is 24.5 Å². The van der Waals surface area contributed by atoms with Crippen LogP contribution in [0.4, 0.5) is 0 Å². The van der Waals surface area contributed by atoms with Gasteiger partial charge in [0.1, 0.15) is 0 Å². The molecule has 18 heavy (non-hydrogen) atoms. The van der Waals surface area contributed by atoms with Crippen LogP contribution in [0, 0.1) is 12.3 Å². The molecular formula is C12H18ClN3O2. The molecule has 5 nitrogen and oxygen atoms in total. The molecule has 1 fully saturated rings. The van der Waals surface area contributed by atoms with Crippen LogP contribution in [0.2, 0.25) is 5.02 Å². The predicted molar refractivity (Wildman–Crippen MR) is 68.6 cm³/mol. The van der Waals surface area contributed by atoms with E-state index in [-0.39, 0.29) is 0 Å². The van der Waals surface area contributed by atoms with Crippen molar-refractivity contribution in [1.82, 2.24) is 14.7 Å². The van der Waals surface area contributed by atoms with Crippen molar-refractivity contribution in [2.45, 2.75) is 26.8 Å². The summed E-state index contributed by atoms with van der Waals surface area (Å²) in [6.45, 7) is 5.66. The number of nitrogens with zero attached hydrogens (tertiary/aromatic N) is 3. The molecule has 100 valence electrons. The van der Waals surface area contributed by atoms with Gasteiger partial charge in [0.2, 0.25) is 0 Å². The van der Waals surface area contributed by atoms with Gasteiger partial charge >= 0.3 is 5.97 Å². The van der Waals surface area contributed by atoms with Gasteiger partial charge in [0.15, 0.2) is 0 Å². The maximum absolute atomic E-state index is 11.2. The summed E-state index contributed by atoms with van der Waals surface area (Å²) < 4.78 is 1.77. The normalized spacial score (nSPS) is 24.7. The Morgan fingerprint density at radius 2 is 2.28 bits per heavy atom. The zero-order chi connectivity index (χ0) is 13.5. The van der Waals surface area contributed by atoms with E-state index in [4.69, 9.17) is 11.6 Å². The fourth-order valence-electron chi connectivity index (χ4n) is 2.43. The Morgan fingerprint density at radius 1 is 1.61 bits per heavy atom. The van der Waals surface area contributed by atoms with Crippen LogP contribution in [0.25, 0.3) is 0 Å². The van der Waals surface area contributed by atoms with E-state index >= 15 is 0 Å². The molecule has 1 unspecified atom stereocenters. The SMILES string of the molecule is Cc1nn(C)c(CN2CCC(C)(C(=O)O)C2)c1Cl. The molecule has 2 rings (SSSR count). The summed E-state index contributed by atoms with van der Waals surface area (Å²) in [5.74, 6) is -0.725. The van der Waals surface area contributed by atoms with E-state index in [1.165, 1.54) is 0 Å². The highest BCUT2D eigenvalue weighted by Crippen LogP contribution is 2.32. The van der Waals surface area contributed by atoms with Crippen molar-refractivity contribution in [3.63, 3.8) is 0 Å². The Balaban J connectivity index is 2.10. The lowest BCUT2D eigenvalue weighted by Gasteiger charge is -2.20. The van der Waals surface area contributed by atoms with Crippen molar-refractivity contribution in [1.29, 1.82) is 0 Å². The van der Waals surface area contributed by atoms with Gasteiger partial charge in [-0.3, -0.25) is 14.4 Å². The summed E-state index contributed by atoms with van der Waals surface area (Å²) >= 11 is 6.20. The Hall–Kier alpha value is -1.07. The molecule has 1 N–H and O–H groups in total. The molecule has 6 heteroatoms. The van der Waals surface area contributed by atoms with Gasteiger partial charge in [-0.2, -0.15) is 5.10 Å². The Morgan fingerprint density at radius 3 is 2.72 bits per heavy atom. The van der Waals surface area contributed by atoms with Crippen molar-refractivity contribution in [2.24, 2.45) is 12.5 Å². The minimum absolute atomic E-state index is 0.558. The summed E-state index contributed by atoms with van der Waals surface area (Å²) in [7, 11) is 1.86. The summed E-state index contributed by atoms with van der Waals surface area (Å²) in [4.78, 5) is 13.3. The Bertz CT molecular complexity index is 486. The molecule has 0 spiro atoms. The first-order valence-electron chi connectivity index (χ1n) is 5.97. The molecule has 0 aromatic carbocycles. The molecule has 1 saturated heterocycles. The van der Waals surface area contributed by atoms with Crippen molar-refractivity contribution in [3.05, 3.63) is 16.4 Å². The molecule has 0 bridgehead atoms. The van der Waals surface area contributed by atoms with Gasteiger partial charge in [0.05, 0.1) is 21.8 Å². The number of aliphatic carboxylic acids is 1. The van der Waals surface area contributed by atoms with Crippen LogP contribution in [0.15, 0.2) is 0 Å². The average molecular weight is 272 g/mol. The molecule has 0 radical (unpaired) electrons. The number of aromatic nitrogens is 2. The average Bonchev–Trinajstić information content (AvgIpc) is 2.77. The van der Waals surface area contributed by atoms with Crippen molar-refractivity contribution in [3.8, 4) is 0 Å². The van der Waals surface area contributed by atoms with E-state index in [1.807, 2.05) is 14.0 Å². The van der Waals surface area contributed by atoms with E-state index in [2.05, 4.69) is 10.00 Å². The second kappa shape index (κ2) is 4.55. The summed E-state index contributed by atoms with van der Waals surface area (Å²) in [5, 5.41) is 14.1. The molecule has 0 saturated carbocycles. The van der Waals surface area contributed by atoms with Crippen LogP contribution >= 0.6 is 11.6 Å². The smallest absolute Gasteiger partial charge is 0.310 e. The lowest BCUT2D eigenvalue weighted by atomic mass is 9.90. The van der Waals surface area contributed by atoms with Gasteiger partial charge in [-0.15, -0.1) is 0 Å². The lowest BCUT2D eigenvalue weighted by molar-refractivity contribution is -0.147. The minimum atomic E-state index is -0.725. The summed E-state index contributed by atoms with van der Waals surface area (Å²) in [6, 6.07) is 0. The third-order valence-electron chi connectivity index (χ3n) is 3.70. The highest BCUT2D eigenvalue weighted by molar-refractivity contribution is 6.31. The van der Waals surface area contributed by atoms with Crippen LogP contribution in [0.1, 0.15) is 24.7 Å². The molecule has 1 aromatic heterocycles.